The van der Waals surface area contributed by atoms with Crippen LogP contribution in [0.5, 0.6) is 0 Å². The fourth-order valence-corrected chi connectivity index (χ4v) is 9.31. The maximum Gasteiger partial charge on any atom is 0.422 e. The summed E-state index contributed by atoms with van der Waals surface area (Å²) in [4.78, 5) is 29.3. The van der Waals surface area contributed by atoms with Crippen LogP contribution in [0.15, 0.2) is 199 Å². The smallest absolute Gasteiger partial charge is 0.422 e. The minimum atomic E-state index is -4.56. The maximum atomic E-state index is 12.4. The lowest BCUT2D eigenvalue weighted by Gasteiger charge is -2.12. The molecular formula is C40H30F3IO4S2. The number of alkyl halides is 3. The van der Waals surface area contributed by atoms with E-state index in [0.29, 0.717) is 4.90 Å². The highest BCUT2D eigenvalue weighted by Gasteiger charge is 2.35. The van der Waals surface area contributed by atoms with E-state index < -0.39 is 46.5 Å². The number of rotatable bonds is 9. The van der Waals surface area contributed by atoms with Gasteiger partial charge in [0, 0.05) is 0 Å². The predicted octanol–water partition coefficient (Wildman–Crippen LogP) is 5.65. The van der Waals surface area contributed by atoms with Crippen LogP contribution in [-0.4, -0.2) is 24.7 Å². The van der Waals surface area contributed by atoms with E-state index in [1.54, 1.807) is 30.3 Å². The summed E-state index contributed by atoms with van der Waals surface area (Å²) < 4.78 is 41.8. The van der Waals surface area contributed by atoms with Crippen LogP contribution in [0, 0.1) is 0 Å². The second kappa shape index (κ2) is 18.5. The minimum absolute atomic E-state index is 0. The Hall–Kier alpha value is -4.52. The van der Waals surface area contributed by atoms with E-state index in [4.69, 9.17) is 0 Å². The van der Waals surface area contributed by atoms with E-state index in [9.17, 15) is 27.9 Å². The van der Waals surface area contributed by atoms with Crippen LogP contribution >= 0.6 is 0 Å². The Bertz CT molecular complexity index is 1880. The molecule has 0 amide bonds. The fraction of sp³-hybridized carbons (Fsp3) is 0.0500. The summed E-state index contributed by atoms with van der Waals surface area (Å²) in [5.74, 6) is -2.12. The number of hydrogen-bond donors (Lipinski definition) is 0. The number of esters is 1. The molecule has 0 atom stereocenters. The zero-order valence-corrected chi connectivity index (χ0v) is 30.1. The van der Waals surface area contributed by atoms with Crippen molar-refractivity contribution in [2.75, 3.05) is 6.61 Å². The summed E-state index contributed by atoms with van der Waals surface area (Å²) >= 11 is 0. The van der Waals surface area contributed by atoms with Gasteiger partial charge < -0.3 is 38.6 Å². The first-order chi connectivity index (χ1) is 23.7. The molecular weight excluding hydrogens is 792 g/mol. The van der Waals surface area contributed by atoms with Crippen molar-refractivity contribution in [2.24, 2.45) is 0 Å². The van der Waals surface area contributed by atoms with Gasteiger partial charge in [0.15, 0.2) is 36.0 Å². The zero-order valence-electron chi connectivity index (χ0n) is 26.3. The molecule has 0 aliphatic carbocycles. The normalized spacial score (nSPS) is 10.8. The molecule has 0 radical (unpaired) electrons. The van der Waals surface area contributed by atoms with Gasteiger partial charge in [0.1, 0.15) is 16.5 Å². The van der Waals surface area contributed by atoms with Crippen LogP contribution in [0.3, 0.4) is 0 Å². The van der Waals surface area contributed by atoms with Crippen molar-refractivity contribution in [1.29, 1.82) is 0 Å². The van der Waals surface area contributed by atoms with Gasteiger partial charge in [0.25, 0.3) is 0 Å². The molecule has 0 aromatic heterocycles. The summed E-state index contributed by atoms with van der Waals surface area (Å²) in [6.07, 6.45) is -4.56. The predicted molar refractivity (Wildman–Crippen MR) is 184 cm³/mol. The van der Waals surface area contributed by atoms with E-state index in [0.717, 1.165) is 24.5 Å². The topological polar surface area (TPSA) is 66.4 Å². The van der Waals surface area contributed by atoms with Gasteiger partial charge in [-0.05, 0) is 72.8 Å². The minimum Gasteiger partial charge on any atom is -1.00 e. The summed E-state index contributed by atoms with van der Waals surface area (Å²) in [6.45, 7) is -1.61. The summed E-state index contributed by atoms with van der Waals surface area (Å²) in [6, 6.07) is 52.7. The van der Waals surface area contributed by atoms with Crippen LogP contribution in [0.4, 0.5) is 13.2 Å². The highest BCUT2D eigenvalue weighted by molar-refractivity contribution is 7.97. The van der Waals surface area contributed by atoms with Gasteiger partial charge in [-0.3, -0.25) is 0 Å². The quantitative estimate of drug-likeness (QED) is 0.108. The molecule has 10 heteroatoms. The summed E-state index contributed by atoms with van der Waals surface area (Å²) in [7, 11) is -1.12. The monoisotopic (exact) mass is 822 g/mol. The van der Waals surface area contributed by atoms with Gasteiger partial charge in [0.05, 0.1) is 22.4 Å². The van der Waals surface area contributed by atoms with E-state index in [1.165, 1.54) is 6.07 Å². The number of halogens is 4. The molecule has 0 N–H and O–H groups in total. The van der Waals surface area contributed by atoms with Crippen LogP contribution in [0.2, 0.25) is 0 Å². The molecule has 0 saturated carbocycles. The van der Waals surface area contributed by atoms with Gasteiger partial charge in [-0.2, -0.15) is 13.2 Å². The highest BCUT2D eigenvalue weighted by Crippen LogP contribution is 2.34. The molecule has 0 spiro atoms. The number of aromatic carboxylic acids is 1. The third kappa shape index (κ3) is 10.3. The van der Waals surface area contributed by atoms with Gasteiger partial charge in [-0.25, -0.2) is 4.79 Å². The SMILES string of the molecule is O=C(OCC(F)(F)F)c1ccccc1[S+](c1ccccc1)c1ccccc1.O=C([O-])c1ccccc1[S+](c1ccccc1)c1ccccc1.[I-]. The average molecular weight is 823 g/mol. The fourth-order valence-electron chi connectivity index (χ4n) is 4.86. The number of carboxylic acids is 1. The van der Waals surface area contributed by atoms with Crippen molar-refractivity contribution in [3.8, 4) is 0 Å². The summed E-state index contributed by atoms with van der Waals surface area (Å²) in [5, 5.41) is 11.5. The number of hydrogen-bond acceptors (Lipinski definition) is 4. The molecule has 0 heterocycles. The van der Waals surface area contributed by atoms with Crippen LogP contribution in [0.1, 0.15) is 20.7 Å². The average Bonchev–Trinajstić information content (AvgIpc) is 3.13. The van der Waals surface area contributed by atoms with Crippen LogP contribution in [0.25, 0.3) is 0 Å². The summed E-state index contributed by atoms with van der Waals surface area (Å²) in [5.41, 5.74) is 0.385. The third-order valence-corrected chi connectivity index (χ3v) is 11.5. The first kappa shape index (κ1) is 38.3. The van der Waals surface area contributed by atoms with Crippen molar-refractivity contribution in [2.45, 2.75) is 35.5 Å². The van der Waals surface area contributed by atoms with Crippen molar-refractivity contribution in [3.05, 3.63) is 181 Å². The Balaban J connectivity index is 0.000000225. The van der Waals surface area contributed by atoms with E-state index in [2.05, 4.69) is 4.74 Å². The van der Waals surface area contributed by atoms with E-state index in [-0.39, 0.29) is 35.1 Å². The van der Waals surface area contributed by atoms with Gasteiger partial charge in [0.2, 0.25) is 0 Å². The molecule has 4 nitrogen and oxygen atoms in total. The Morgan fingerprint density at radius 3 is 1.14 bits per heavy atom. The largest absolute Gasteiger partial charge is 1.00 e. The number of carbonyl (C=O) groups excluding carboxylic acids is 2. The van der Waals surface area contributed by atoms with Crippen molar-refractivity contribution >= 4 is 33.7 Å². The molecule has 6 aromatic rings. The molecule has 50 heavy (non-hydrogen) atoms. The molecule has 0 fully saturated rings. The standard InChI is InChI=1S/C21H16F3O2S.C19H14O2S.HI/c22-21(23,24)15-26-20(25)18-13-7-8-14-19(18)27(16-9-3-1-4-10-16)17-11-5-2-6-12-17;20-19(21)17-13-7-8-14-18(17)22(15-9-3-1-4-10-15)16-11-5-2-6-12-16;/h1-14H,15H2;1-14H;1H/q+1;;/p-1. The molecule has 254 valence electrons. The first-order valence-electron chi connectivity index (χ1n) is 15.0. The molecule has 6 aromatic carbocycles. The van der Waals surface area contributed by atoms with Crippen molar-refractivity contribution < 1.29 is 56.6 Å². The third-order valence-electron chi connectivity index (χ3n) is 6.94. The number of carbonyl (C=O) groups is 2. The first-order valence-corrected chi connectivity index (χ1v) is 17.5. The highest BCUT2D eigenvalue weighted by atomic mass is 127. The Morgan fingerprint density at radius 2 is 0.800 bits per heavy atom. The zero-order chi connectivity index (χ0) is 34.6. The lowest BCUT2D eigenvalue weighted by molar-refractivity contribution is -0.255. The molecule has 0 bridgehead atoms. The second-order valence-corrected chi connectivity index (χ2v) is 14.3. The van der Waals surface area contributed by atoms with Crippen LogP contribution < -0.4 is 29.1 Å². The Morgan fingerprint density at radius 1 is 0.500 bits per heavy atom. The van der Waals surface area contributed by atoms with Crippen LogP contribution in [-0.2, 0) is 26.5 Å². The maximum absolute atomic E-state index is 12.4. The second-order valence-electron chi connectivity index (χ2n) is 10.3. The molecule has 0 unspecified atom stereocenters. The van der Waals surface area contributed by atoms with Gasteiger partial charge >= 0.3 is 12.1 Å². The van der Waals surface area contributed by atoms with Gasteiger partial charge in [-0.1, -0.05) is 97.1 Å². The Labute approximate surface area is 311 Å². The number of benzene rings is 6. The van der Waals surface area contributed by atoms with Gasteiger partial charge in [-0.15, -0.1) is 0 Å². The van der Waals surface area contributed by atoms with Crippen molar-refractivity contribution in [1.82, 2.24) is 0 Å². The molecule has 0 aliphatic heterocycles. The number of carboxylic acid groups (broad SMARTS) is 1. The Kier molecular flexibility index (Phi) is 14.1. The number of ether oxygens (including phenoxy) is 1. The van der Waals surface area contributed by atoms with Crippen molar-refractivity contribution in [3.63, 3.8) is 0 Å². The lowest BCUT2D eigenvalue weighted by Crippen LogP contribution is -3.00. The van der Waals surface area contributed by atoms with E-state index >= 15 is 0 Å². The molecule has 0 saturated heterocycles. The molecule has 6 rings (SSSR count). The van der Waals surface area contributed by atoms with E-state index in [1.807, 2.05) is 133 Å². The lowest BCUT2D eigenvalue weighted by atomic mass is 10.2. The molecule has 0 aliphatic rings.